The zero-order chi connectivity index (χ0) is 13.6. The predicted molar refractivity (Wildman–Crippen MR) is 80.5 cm³/mol. The number of benzene rings is 1. The minimum absolute atomic E-state index is 0.249. The molecule has 2 N–H and O–H groups in total. The van der Waals surface area contributed by atoms with E-state index in [4.69, 9.17) is 10.5 Å². The summed E-state index contributed by atoms with van der Waals surface area (Å²) in [6.07, 6.45) is 7.51. The maximum absolute atomic E-state index is 6.06. The van der Waals surface area contributed by atoms with E-state index in [9.17, 15) is 0 Å². The summed E-state index contributed by atoms with van der Waals surface area (Å²) in [7, 11) is 0. The highest BCUT2D eigenvalue weighted by atomic mass is 16.5. The minimum atomic E-state index is 0.249. The van der Waals surface area contributed by atoms with Crippen molar-refractivity contribution >= 4 is 5.69 Å². The third-order valence-electron chi connectivity index (χ3n) is 5.52. The molecule has 1 atom stereocenters. The van der Waals surface area contributed by atoms with Crippen LogP contribution in [0.3, 0.4) is 0 Å². The first-order chi connectivity index (χ1) is 9.74. The molecule has 1 unspecified atom stereocenters. The third-order valence-corrected chi connectivity index (χ3v) is 5.52. The van der Waals surface area contributed by atoms with E-state index in [1.807, 2.05) is 6.07 Å². The van der Waals surface area contributed by atoms with E-state index in [-0.39, 0.29) is 5.60 Å². The van der Waals surface area contributed by atoms with Crippen LogP contribution in [0.1, 0.15) is 43.2 Å². The first kappa shape index (κ1) is 12.7. The van der Waals surface area contributed by atoms with Gasteiger partial charge in [-0.1, -0.05) is 6.07 Å². The number of hydrogen-bond acceptors (Lipinski definition) is 3. The topological polar surface area (TPSA) is 38.5 Å². The van der Waals surface area contributed by atoms with Gasteiger partial charge in [0.1, 0.15) is 0 Å². The molecule has 2 aliphatic heterocycles. The van der Waals surface area contributed by atoms with Crippen LogP contribution in [0.4, 0.5) is 5.69 Å². The average Bonchev–Trinajstić information content (AvgIpc) is 2.45. The Morgan fingerprint density at radius 3 is 2.95 bits per heavy atom. The predicted octanol–water partition coefficient (Wildman–Crippen LogP) is 2.73. The van der Waals surface area contributed by atoms with Crippen molar-refractivity contribution in [3.05, 3.63) is 29.3 Å². The Bertz CT molecular complexity index is 510. The quantitative estimate of drug-likeness (QED) is 0.799. The smallest absolute Gasteiger partial charge is 0.0697 e. The van der Waals surface area contributed by atoms with E-state index in [1.165, 1.54) is 56.2 Å². The second kappa shape index (κ2) is 4.74. The first-order valence-electron chi connectivity index (χ1n) is 7.99. The molecule has 2 heterocycles. The molecule has 1 saturated heterocycles. The summed E-state index contributed by atoms with van der Waals surface area (Å²) >= 11 is 0. The van der Waals surface area contributed by atoms with Crippen molar-refractivity contribution in [2.45, 2.75) is 56.7 Å². The molecule has 1 saturated carbocycles. The zero-order valence-corrected chi connectivity index (χ0v) is 12.1. The zero-order valence-electron chi connectivity index (χ0n) is 12.1. The van der Waals surface area contributed by atoms with Crippen LogP contribution in [0.15, 0.2) is 18.2 Å². The molecular weight excluding hydrogens is 248 g/mol. The van der Waals surface area contributed by atoms with E-state index in [0.717, 1.165) is 18.8 Å². The Hall–Kier alpha value is -1.06. The van der Waals surface area contributed by atoms with Crippen molar-refractivity contribution in [2.75, 3.05) is 18.9 Å². The molecule has 1 aliphatic carbocycles. The number of nitrogens with two attached hydrogens (primary N) is 1. The Morgan fingerprint density at radius 2 is 2.15 bits per heavy atom. The van der Waals surface area contributed by atoms with Gasteiger partial charge in [0.25, 0.3) is 0 Å². The Labute approximate surface area is 121 Å². The number of ether oxygens (including phenoxy) is 1. The summed E-state index contributed by atoms with van der Waals surface area (Å²) in [6, 6.07) is 7.12. The SMILES string of the molecule is Nc1ccc2c(c1)CN(C1CCOC3(CCC3)C1)CC2. The maximum atomic E-state index is 6.06. The number of nitrogen functional groups attached to an aromatic ring is 1. The molecule has 3 aliphatic rings. The summed E-state index contributed by atoms with van der Waals surface area (Å²) in [5, 5.41) is 0. The number of anilines is 1. The van der Waals surface area contributed by atoms with Gasteiger partial charge in [-0.25, -0.2) is 0 Å². The van der Waals surface area contributed by atoms with Gasteiger partial charge in [-0.15, -0.1) is 0 Å². The lowest BCUT2D eigenvalue weighted by Gasteiger charge is -2.50. The first-order valence-corrected chi connectivity index (χ1v) is 7.99. The van der Waals surface area contributed by atoms with Crippen molar-refractivity contribution < 1.29 is 4.74 Å². The van der Waals surface area contributed by atoms with Gasteiger partial charge in [0.2, 0.25) is 0 Å². The molecule has 0 amide bonds. The number of rotatable bonds is 1. The lowest BCUT2D eigenvalue weighted by atomic mass is 9.73. The van der Waals surface area contributed by atoms with Crippen molar-refractivity contribution in [1.29, 1.82) is 0 Å². The van der Waals surface area contributed by atoms with Crippen LogP contribution in [0.25, 0.3) is 0 Å². The van der Waals surface area contributed by atoms with Crippen LogP contribution >= 0.6 is 0 Å². The second-order valence-corrected chi connectivity index (χ2v) is 6.78. The van der Waals surface area contributed by atoms with Gasteiger partial charge in [-0.2, -0.15) is 0 Å². The fraction of sp³-hybridized carbons (Fsp3) is 0.647. The molecule has 1 spiro atoms. The molecule has 4 rings (SSSR count). The fourth-order valence-electron chi connectivity index (χ4n) is 4.14. The summed E-state index contributed by atoms with van der Waals surface area (Å²) in [5.74, 6) is 0. The van der Waals surface area contributed by atoms with E-state index in [1.54, 1.807) is 0 Å². The van der Waals surface area contributed by atoms with E-state index in [2.05, 4.69) is 17.0 Å². The Balaban J connectivity index is 1.50. The number of nitrogens with zero attached hydrogens (tertiary/aromatic N) is 1. The summed E-state index contributed by atoms with van der Waals surface area (Å²) in [6.45, 7) is 3.21. The van der Waals surface area contributed by atoms with Gasteiger partial charge in [0, 0.05) is 31.4 Å². The lowest BCUT2D eigenvalue weighted by molar-refractivity contribution is -0.149. The third kappa shape index (κ3) is 2.13. The molecule has 3 nitrogen and oxygen atoms in total. The summed E-state index contributed by atoms with van der Waals surface area (Å²) < 4.78 is 6.06. The van der Waals surface area contributed by atoms with Crippen LogP contribution < -0.4 is 5.73 Å². The Kier molecular flexibility index (Phi) is 3.00. The minimum Gasteiger partial charge on any atom is -0.399 e. The molecule has 20 heavy (non-hydrogen) atoms. The van der Waals surface area contributed by atoms with Gasteiger partial charge in [0.15, 0.2) is 0 Å². The molecule has 3 heteroatoms. The molecular formula is C17H24N2O. The molecule has 1 aromatic carbocycles. The van der Waals surface area contributed by atoms with Gasteiger partial charge in [0.05, 0.1) is 5.60 Å². The van der Waals surface area contributed by atoms with Crippen LogP contribution in [0.5, 0.6) is 0 Å². The van der Waals surface area contributed by atoms with Crippen molar-refractivity contribution in [1.82, 2.24) is 4.90 Å². The van der Waals surface area contributed by atoms with Gasteiger partial charge >= 0.3 is 0 Å². The normalized spacial score (nSPS) is 28.9. The average molecular weight is 272 g/mol. The second-order valence-electron chi connectivity index (χ2n) is 6.78. The van der Waals surface area contributed by atoms with Crippen molar-refractivity contribution in [3.63, 3.8) is 0 Å². The summed E-state index contributed by atoms with van der Waals surface area (Å²) in [5.41, 5.74) is 10.0. The standard InChI is InChI=1S/C17H24N2O/c18-15-3-2-13-4-8-19(12-14(13)10-15)16-5-9-20-17(11-16)6-1-7-17/h2-3,10,16H,1,4-9,11-12,18H2. The van der Waals surface area contributed by atoms with Gasteiger partial charge in [-0.3, -0.25) is 4.90 Å². The number of hydrogen-bond donors (Lipinski definition) is 1. The van der Waals surface area contributed by atoms with Gasteiger partial charge in [-0.05, 0) is 61.8 Å². The monoisotopic (exact) mass is 272 g/mol. The van der Waals surface area contributed by atoms with E-state index < -0.39 is 0 Å². The van der Waals surface area contributed by atoms with Crippen molar-refractivity contribution in [3.8, 4) is 0 Å². The van der Waals surface area contributed by atoms with Crippen molar-refractivity contribution in [2.24, 2.45) is 0 Å². The van der Waals surface area contributed by atoms with E-state index >= 15 is 0 Å². The van der Waals surface area contributed by atoms with Crippen LogP contribution in [0.2, 0.25) is 0 Å². The lowest BCUT2D eigenvalue weighted by Crippen LogP contribution is -2.52. The fourth-order valence-corrected chi connectivity index (χ4v) is 4.14. The highest BCUT2D eigenvalue weighted by Gasteiger charge is 2.44. The highest BCUT2D eigenvalue weighted by Crippen LogP contribution is 2.44. The van der Waals surface area contributed by atoms with Crippen LogP contribution in [-0.2, 0) is 17.7 Å². The summed E-state index contributed by atoms with van der Waals surface area (Å²) in [4.78, 5) is 2.67. The molecule has 108 valence electrons. The Morgan fingerprint density at radius 1 is 1.25 bits per heavy atom. The largest absolute Gasteiger partial charge is 0.399 e. The molecule has 0 bridgehead atoms. The maximum Gasteiger partial charge on any atom is 0.0697 e. The van der Waals surface area contributed by atoms with Gasteiger partial charge < -0.3 is 10.5 Å². The molecule has 2 fully saturated rings. The molecule has 0 aromatic heterocycles. The molecule has 0 radical (unpaired) electrons. The van der Waals surface area contributed by atoms with E-state index in [0.29, 0.717) is 6.04 Å². The van der Waals surface area contributed by atoms with Crippen LogP contribution in [0, 0.1) is 0 Å². The molecule has 1 aromatic rings. The van der Waals surface area contributed by atoms with Crippen LogP contribution in [-0.4, -0.2) is 29.7 Å². The highest BCUT2D eigenvalue weighted by molar-refractivity contribution is 5.45. The number of fused-ring (bicyclic) bond motifs is 1.